The third-order valence-corrected chi connectivity index (χ3v) is 4.01. The van der Waals surface area contributed by atoms with E-state index in [-0.39, 0.29) is 11.8 Å². The summed E-state index contributed by atoms with van der Waals surface area (Å²) in [4.78, 5) is 0. The molecule has 0 aliphatic heterocycles. The molecule has 1 unspecified atom stereocenters. The molecule has 0 amide bonds. The summed E-state index contributed by atoms with van der Waals surface area (Å²) in [5.41, 5.74) is 5.80. The molecule has 1 aliphatic carbocycles. The Labute approximate surface area is 92.7 Å². The number of hydrogen-bond acceptors (Lipinski definition) is 3. The minimum Gasteiger partial charge on any atom is -0.327 e. The van der Waals surface area contributed by atoms with E-state index in [9.17, 15) is 8.42 Å². The Morgan fingerprint density at radius 2 is 2.00 bits per heavy atom. The Kier molecular flexibility index (Phi) is 4.55. The molecule has 5 heteroatoms. The normalized spacial score (nSPS) is 19.5. The zero-order valence-corrected chi connectivity index (χ0v) is 10.4. The Hall–Kier alpha value is -0.130. The van der Waals surface area contributed by atoms with Crippen molar-refractivity contribution in [2.24, 2.45) is 17.6 Å². The van der Waals surface area contributed by atoms with Gasteiger partial charge in [-0.15, -0.1) is 0 Å². The predicted molar refractivity (Wildman–Crippen MR) is 61.9 cm³/mol. The molecular weight excluding hydrogens is 212 g/mol. The Bertz CT molecular complexity index is 284. The van der Waals surface area contributed by atoms with Gasteiger partial charge in [-0.1, -0.05) is 13.8 Å². The molecule has 0 spiro atoms. The molecular formula is C10H22N2O2S. The van der Waals surface area contributed by atoms with Gasteiger partial charge in [0, 0.05) is 12.6 Å². The molecule has 1 fully saturated rings. The molecule has 1 atom stereocenters. The van der Waals surface area contributed by atoms with Gasteiger partial charge in [-0.3, -0.25) is 0 Å². The van der Waals surface area contributed by atoms with Crippen LogP contribution in [-0.2, 0) is 10.0 Å². The van der Waals surface area contributed by atoms with Gasteiger partial charge in [0.2, 0.25) is 10.0 Å². The minimum atomic E-state index is -3.08. The average molecular weight is 234 g/mol. The van der Waals surface area contributed by atoms with Gasteiger partial charge in [-0.25, -0.2) is 13.1 Å². The molecule has 90 valence electrons. The van der Waals surface area contributed by atoms with Crippen LogP contribution < -0.4 is 10.5 Å². The van der Waals surface area contributed by atoms with Crippen molar-refractivity contribution >= 4 is 10.0 Å². The molecule has 1 rings (SSSR count). The maximum absolute atomic E-state index is 11.5. The van der Waals surface area contributed by atoms with Crippen LogP contribution in [0.5, 0.6) is 0 Å². The zero-order chi connectivity index (χ0) is 11.5. The molecule has 0 saturated heterocycles. The highest BCUT2D eigenvalue weighted by Crippen LogP contribution is 2.29. The number of rotatable bonds is 7. The molecule has 0 heterocycles. The van der Waals surface area contributed by atoms with E-state index in [4.69, 9.17) is 5.73 Å². The molecule has 1 saturated carbocycles. The molecule has 3 N–H and O–H groups in total. The first-order valence-corrected chi connectivity index (χ1v) is 7.27. The topological polar surface area (TPSA) is 72.2 Å². The maximum Gasteiger partial charge on any atom is 0.211 e. The highest BCUT2D eigenvalue weighted by atomic mass is 32.2. The van der Waals surface area contributed by atoms with Gasteiger partial charge in [0.15, 0.2) is 0 Å². The van der Waals surface area contributed by atoms with Crippen LogP contribution in [-0.4, -0.2) is 26.8 Å². The maximum atomic E-state index is 11.5. The average Bonchev–Trinajstić information content (AvgIpc) is 2.83. The van der Waals surface area contributed by atoms with Crippen molar-refractivity contribution in [1.29, 1.82) is 0 Å². The van der Waals surface area contributed by atoms with Gasteiger partial charge in [0.25, 0.3) is 0 Å². The first-order chi connectivity index (χ1) is 6.89. The molecule has 0 radical (unpaired) electrons. The van der Waals surface area contributed by atoms with Gasteiger partial charge in [-0.05, 0) is 31.1 Å². The molecule has 0 aromatic heterocycles. The summed E-state index contributed by atoms with van der Waals surface area (Å²) in [7, 11) is -3.08. The number of nitrogens with two attached hydrogens (primary N) is 1. The van der Waals surface area contributed by atoms with E-state index in [0.29, 0.717) is 18.4 Å². The van der Waals surface area contributed by atoms with Crippen LogP contribution >= 0.6 is 0 Å². The summed E-state index contributed by atoms with van der Waals surface area (Å²) >= 11 is 0. The van der Waals surface area contributed by atoms with Gasteiger partial charge in [-0.2, -0.15) is 0 Å². The third-order valence-electron chi connectivity index (χ3n) is 2.49. The number of sulfonamides is 1. The fourth-order valence-electron chi connectivity index (χ4n) is 1.58. The molecule has 0 aromatic rings. The van der Waals surface area contributed by atoms with Crippen molar-refractivity contribution in [3.8, 4) is 0 Å². The van der Waals surface area contributed by atoms with Gasteiger partial charge in [0.05, 0.1) is 5.75 Å². The fraction of sp³-hybridized carbons (Fsp3) is 1.00. The Morgan fingerprint density at radius 3 is 2.47 bits per heavy atom. The van der Waals surface area contributed by atoms with E-state index in [1.807, 2.05) is 0 Å². The zero-order valence-electron chi connectivity index (χ0n) is 9.57. The Morgan fingerprint density at radius 1 is 1.40 bits per heavy atom. The van der Waals surface area contributed by atoms with Crippen molar-refractivity contribution in [2.45, 2.75) is 39.2 Å². The lowest BCUT2D eigenvalue weighted by molar-refractivity contribution is 0.485. The molecule has 0 aromatic carbocycles. The van der Waals surface area contributed by atoms with Crippen LogP contribution in [0.15, 0.2) is 0 Å². The summed E-state index contributed by atoms with van der Waals surface area (Å²) in [6.07, 6.45) is 2.96. The van der Waals surface area contributed by atoms with E-state index < -0.39 is 10.0 Å². The van der Waals surface area contributed by atoms with Crippen LogP contribution in [0, 0.1) is 11.8 Å². The standard InChI is InChI=1S/C10H22N2O2S/c1-8(2)5-10(11)6-12-15(13,14)7-9-3-4-9/h8-10,12H,3-7,11H2,1-2H3. The summed E-state index contributed by atoms with van der Waals surface area (Å²) in [6, 6.07) is -0.0704. The lowest BCUT2D eigenvalue weighted by atomic mass is 10.1. The number of hydrogen-bond donors (Lipinski definition) is 2. The van der Waals surface area contributed by atoms with Crippen LogP contribution in [0.3, 0.4) is 0 Å². The van der Waals surface area contributed by atoms with Crippen LogP contribution in [0.25, 0.3) is 0 Å². The van der Waals surface area contributed by atoms with E-state index in [1.54, 1.807) is 0 Å². The monoisotopic (exact) mass is 234 g/mol. The largest absolute Gasteiger partial charge is 0.327 e. The summed E-state index contributed by atoms with van der Waals surface area (Å²) in [5, 5.41) is 0. The highest BCUT2D eigenvalue weighted by molar-refractivity contribution is 7.89. The van der Waals surface area contributed by atoms with Crippen LogP contribution in [0.1, 0.15) is 33.1 Å². The lowest BCUT2D eigenvalue weighted by Gasteiger charge is -2.14. The Balaban J connectivity index is 2.22. The quantitative estimate of drug-likeness (QED) is 0.680. The minimum absolute atomic E-state index is 0.0704. The highest BCUT2D eigenvalue weighted by Gasteiger charge is 2.27. The van der Waals surface area contributed by atoms with Crippen molar-refractivity contribution in [3.05, 3.63) is 0 Å². The van der Waals surface area contributed by atoms with Crippen molar-refractivity contribution in [1.82, 2.24) is 4.72 Å². The van der Waals surface area contributed by atoms with Crippen LogP contribution in [0.4, 0.5) is 0 Å². The summed E-state index contributed by atoms with van der Waals surface area (Å²) in [6.45, 7) is 4.53. The summed E-state index contributed by atoms with van der Waals surface area (Å²) in [5.74, 6) is 1.18. The van der Waals surface area contributed by atoms with Crippen molar-refractivity contribution in [3.63, 3.8) is 0 Å². The first kappa shape index (κ1) is 12.9. The molecule has 1 aliphatic rings. The van der Waals surface area contributed by atoms with Crippen LogP contribution in [0.2, 0.25) is 0 Å². The lowest BCUT2D eigenvalue weighted by Crippen LogP contribution is -2.39. The van der Waals surface area contributed by atoms with Gasteiger partial charge >= 0.3 is 0 Å². The van der Waals surface area contributed by atoms with E-state index >= 15 is 0 Å². The summed E-state index contributed by atoms with van der Waals surface area (Å²) < 4.78 is 25.6. The molecule has 0 bridgehead atoms. The number of nitrogens with one attached hydrogen (secondary N) is 1. The van der Waals surface area contributed by atoms with Crippen molar-refractivity contribution in [2.75, 3.05) is 12.3 Å². The van der Waals surface area contributed by atoms with Gasteiger partial charge < -0.3 is 5.73 Å². The molecule has 15 heavy (non-hydrogen) atoms. The predicted octanol–water partition coefficient (Wildman–Crippen LogP) is 0.689. The second-order valence-corrected chi connectivity index (χ2v) is 6.81. The second kappa shape index (κ2) is 5.27. The first-order valence-electron chi connectivity index (χ1n) is 5.62. The van der Waals surface area contributed by atoms with E-state index in [1.165, 1.54) is 0 Å². The van der Waals surface area contributed by atoms with Gasteiger partial charge in [0.1, 0.15) is 0 Å². The fourth-order valence-corrected chi connectivity index (χ4v) is 3.12. The molecule has 4 nitrogen and oxygen atoms in total. The van der Waals surface area contributed by atoms with Crippen molar-refractivity contribution < 1.29 is 8.42 Å². The van der Waals surface area contributed by atoms with E-state index in [0.717, 1.165) is 19.3 Å². The SMILES string of the molecule is CC(C)CC(N)CNS(=O)(=O)CC1CC1. The third kappa shape index (κ3) is 6.12. The van der Waals surface area contributed by atoms with E-state index in [2.05, 4.69) is 18.6 Å². The second-order valence-electron chi connectivity index (χ2n) is 4.96. The smallest absolute Gasteiger partial charge is 0.211 e.